The molecule has 18 heavy (non-hydrogen) atoms. The first kappa shape index (κ1) is 10.8. The van der Waals surface area contributed by atoms with E-state index in [1.807, 2.05) is 0 Å². The van der Waals surface area contributed by atoms with Crippen LogP contribution in [0.1, 0.15) is 0 Å². The van der Waals surface area contributed by atoms with Crippen LogP contribution >= 0.6 is 0 Å². The van der Waals surface area contributed by atoms with Gasteiger partial charge in [-0.2, -0.15) is 0 Å². The van der Waals surface area contributed by atoms with Crippen LogP contribution in [0.3, 0.4) is 0 Å². The maximum absolute atomic E-state index is 13.7. The summed E-state index contributed by atoms with van der Waals surface area (Å²) in [7, 11) is 0. The molecule has 5 heteroatoms. The Hall–Kier alpha value is -2.30. The molecule has 1 heterocycles. The minimum atomic E-state index is -1.21. The van der Waals surface area contributed by atoms with E-state index in [1.165, 1.54) is 10.9 Å². The lowest BCUT2D eigenvalue weighted by Gasteiger charge is -2.06. The summed E-state index contributed by atoms with van der Waals surface area (Å²) < 4.78 is 41.1. The normalized spacial score (nSPS) is 11.1. The summed E-state index contributed by atoms with van der Waals surface area (Å²) in [5.74, 6) is -3.14. The molecule has 0 atom stereocenters. The molecule has 3 aromatic rings. The van der Waals surface area contributed by atoms with Crippen LogP contribution in [0.5, 0.6) is 0 Å². The van der Waals surface area contributed by atoms with Gasteiger partial charge < -0.3 is 0 Å². The van der Waals surface area contributed by atoms with Gasteiger partial charge in [0.15, 0.2) is 11.6 Å². The lowest BCUT2D eigenvalue weighted by atomic mass is 10.2. The molecule has 0 unspecified atom stereocenters. The first-order valence-corrected chi connectivity index (χ1v) is 5.24. The van der Waals surface area contributed by atoms with Crippen molar-refractivity contribution in [3.8, 4) is 5.69 Å². The maximum Gasteiger partial charge on any atom is 0.161 e. The van der Waals surface area contributed by atoms with Crippen LogP contribution < -0.4 is 0 Å². The van der Waals surface area contributed by atoms with Crippen LogP contribution in [0.2, 0.25) is 0 Å². The van der Waals surface area contributed by atoms with E-state index in [0.29, 0.717) is 17.1 Å². The summed E-state index contributed by atoms with van der Waals surface area (Å²) >= 11 is 0. The summed E-state index contributed by atoms with van der Waals surface area (Å²) in [6.45, 7) is 0. The zero-order valence-corrected chi connectivity index (χ0v) is 9.07. The number of benzene rings is 2. The molecule has 2 aromatic carbocycles. The van der Waals surface area contributed by atoms with Gasteiger partial charge in [0, 0.05) is 12.1 Å². The lowest BCUT2D eigenvalue weighted by Crippen LogP contribution is -1.99. The predicted molar refractivity (Wildman–Crippen MR) is 60.9 cm³/mol. The largest absolute Gasteiger partial charge is 0.296 e. The number of rotatable bonds is 1. The van der Waals surface area contributed by atoms with Crippen LogP contribution in [0, 0.1) is 17.5 Å². The third kappa shape index (κ3) is 1.55. The van der Waals surface area contributed by atoms with Gasteiger partial charge in [-0.1, -0.05) is 12.1 Å². The van der Waals surface area contributed by atoms with E-state index >= 15 is 0 Å². The summed E-state index contributed by atoms with van der Waals surface area (Å²) in [6.07, 6.45) is 1.38. The van der Waals surface area contributed by atoms with Crippen molar-refractivity contribution in [2.24, 2.45) is 0 Å². The fraction of sp³-hybridized carbons (Fsp3) is 0. The topological polar surface area (TPSA) is 17.8 Å². The maximum atomic E-state index is 13.7. The van der Waals surface area contributed by atoms with Crippen LogP contribution in [-0.2, 0) is 0 Å². The number of imidazole rings is 1. The fourth-order valence-corrected chi connectivity index (χ4v) is 1.85. The van der Waals surface area contributed by atoms with Crippen molar-refractivity contribution >= 4 is 11.0 Å². The monoisotopic (exact) mass is 248 g/mol. The molecule has 0 saturated heterocycles. The molecule has 0 bridgehead atoms. The Balaban J connectivity index is 2.29. The Morgan fingerprint density at radius 1 is 0.889 bits per heavy atom. The van der Waals surface area contributed by atoms with Gasteiger partial charge in [-0.25, -0.2) is 18.2 Å². The number of halogens is 3. The lowest BCUT2D eigenvalue weighted by molar-refractivity contribution is 0.493. The number of hydrogen-bond acceptors (Lipinski definition) is 1. The number of fused-ring (bicyclic) bond motifs is 1. The number of hydrogen-bond donors (Lipinski definition) is 0. The Kier molecular flexibility index (Phi) is 2.33. The zero-order chi connectivity index (χ0) is 12.7. The standard InChI is InChI=1S/C13H7F3N2/c14-8-5-10(16)13(6-9(8)15)18-7-17-11-3-1-2-4-12(11)18/h1-7H. The zero-order valence-electron chi connectivity index (χ0n) is 9.07. The van der Waals surface area contributed by atoms with Crippen molar-refractivity contribution in [2.75, 3.05) is 0 Å². The molecule has 90 valence electrons. The van der Waals surface area contributed by atoms with Gasteiger partial charge in [-0.05, 0) is 12.1 Å². The third-order valence-electron chi connectivity index (χ3n) is 2.70. The second-order valence-corrected chi connectivity index (χ2v) is 3.82. The molecule has 0 aliphatic rings. The molecular formula is C13H7F3N2. The van der Waals surface area contributed by atoms with E-state index in [1.54, 1.807) is 24.3 Å². The van der Waals surface area contributed by atoms with Crippen LogP contribution in [0.4, 0.5) is 13.2 Å². The van der Waals surface area contributed by atoms with Crippen molar-refractivity contribution in [2.45, 2.75) is 0 Å². The second-order valence-electron chi connectivity index (χ2n) is 3.82. The molecule has 0 saturated carbocycles. The molecule has 0 N–H and O–H groups in total. The van der Waals surface area contributed by atoms with Crippen molar-refractivity contribution < 1.29 is 13.2 Å². The molecule has 0 radical (unpaired) electrons. The van der Waals surface area contributed by atoms with Gasteiger partial charge in [0.25, 0.3) is 0 Å². The highest BCUT2D eigenvalue weighted by atomic mass is 19.2. The van der Waals surface area contributed by atoms with Crippen molar-refractivity contribution in [1.29, 1.82) is 0 Å². The highest BCUT2D eigenvalue weighted by Crippen LogP contribution is 2.22. The average molecular weight is 248 g/mol. The van der Waals surface area contributed by atoms with Gasteiger partial charge in [0.1, 0.15) is 12.1 Å². The van der Waals surface area contributed by atoms with E-state index < -0.39 is 17.5 Å². The smallest absolute Gasteiger partial charge is 0.161 e. The SMILES string of the molecule is Fc1cc(F)c(-n2cnc3ccccc32)cc1F. The van der Waals surface area contributed by atoms with E-state index in [9.17, 15) is 13.2 Å². The van der Waals surface area contributed by atoms with E-state index in [4.69, 9.17) is 0 Å². The van der Waals surface area contributed by atoms with Crippen LogP contribution in [0.15, 0.2) is 42.7 Å². The minimum Gasteiger partial charge on any atom is -0.296 e. The number of para-hydroxylation sites is 2. The van der Waals surface area contributed by atoms with Crippen molar-refractivity contribution in [3.05, 3.63) is 60.2 Å². The van der Waals surface area contributed by atoms with Crippen LogP contribution in [-0.4, -0.2) is 9.55 Å². The molecule has 2 nitrogen and oxygen atoms in total. The first-order valence-electron chi connectivity index (χ1n) is 5.24. The van der Waals surface area contributed by atoms with Gasteiger partial charge >= 0.3 is 0 Å². The Morgan fingerprint density at radius 3 is 2.44 bits per heavy atom. The Bertz CT molecular complexity index is 734. The van der Waals surface area contributed by atoms with Crippen molar-refractivity contribution in [3.63, 3.8) is 0 Å². The third-order valence-corrected chi connectivity index (χ3v) is 2.70. The average Bonchev–Trinajstić information content (AvgIpc) is 2.78. The molecule has 0 aliphatic heterocycles. The summed E-state index contributed by atoms with van der Waals surface area (Å²) in [4.78, 5) is 4.07. The summed E-state index contributed by atoms with van der Waals surface area (Å²) in [6, 6.07) is 8.38. The predicted octanol–water partition coefficient (Wildman–Crippen LogP) is 3.44. The van der Waals surface area contributed by atoms with Gasteiger partial charge in [0.05, 0.1) is 16.7 Å². The minimum absolute atomic E-state index is 0.0670. The number of aromatic nitrogens is 2. The van der Waals surface area contributed by atoms with Gasteiger partial charge in [-0.3, -0.25) is 4.57 Å². The molecule has 0 spiro atoms. The van der Waals surface area contributed by atoms with E-state index in [0.717, 1.165) is 6.07 Å². The Morgan fingerprint density at radius 2 is 1.61 bits per heavy atom. The van der Waals surface area contributed by atoms with Gasteiger partial charge in [-0.15, -0.1) is 0 Å². The Labute approximate surface area is 100 Å². The molecule has 0 amide bonds. The molecule has 3 rings (SSSR count). The van der Waals surface area contributed by atoms with E-state index in [2.05, 4.69) is 4.98 Å². The van der Waals surface area contributed by atoms with E-state index in [-0.39, 0.29) is 5.69 Å². The summed E-state index contributed by atoms with van der Waals surface area (Å²) in [5, 5.41) is 0. The quantitative estimate of drug-likeness (QED) is 0.603. The van der Waals surface area contributed by atoms with Crippen molar-refractivity contribution in [1.82, 2.24) is 9.55 Å². The first-order chi connectivity index (χ1) is 8.66. The highest BCUT2D eigenvalue weighted by molar-refractivity contribution is 5.77. The fourth-order valence-electron chi connectivity index (χ4n) is 1.85. The molecule has 0 fully saturated rings. The summed E-state index contributed by atoms with van der Waals surface area (Å²) in [5.41, 5.74) is 1.21. The molecular weight excluding hydrogens is 241 g/mol. The molecule has 1 aromatic heterocycles. The van der Waals surface area contributed by atoms with Gasteiger partial charge in [0.2, 0.25) is 0 Å². The highest BCUT2D eigenvalue weighted by Gasteiger charge is 2.13. The van der Waals surface area contributed by atoms with Crippen LogP contribution in [0.25, 0.3) is 16.7 Å². The molecule has 0 aliphatic carbocycles. The number of nitrogens with zero attached hydrogens (tertiary/aromatic N) is 2. The second kappa shape index (κ2) is 3.87.